The van der Waals surface area contributed by atoms with E-state index in [0.29, 0.717) is 18.8 Å². The van der Waals surface area contributed by atoms with Crippen LogP contribution in [0.1, 0.15) is 6.42 Å². The first-order valence-electron chi connectivity index (χ1n) is 4.65. The van der Waals surface area contributed by atoms with Gasteiger partial charge in [-0.25, -0.2) is 4.98 Å². The molecule has 2 heterocycles. The Bertz CT molecular complexity index is 366. The predicted octanol–water partition coefficient (Wildman–Crippen LogP) is 1.59. The topological polar surface area (TPSA) is 42.4 Å². The molecule has 1 aliphatic heterocycles. The molecule has 0 N–H and O–H groups in total. The fourth-order valence-corrected chi connectivity index (χ4v) is 2.13. The lowest BCUT2D eigenvalue weighted by Gasteiger charge is -2.15. The number of carbonyl (C=O) groups is 1. The van der Waals surface area contributed by atoms with Crippen molar-refractivity contribution < 1.29 is 9.53 Å². The van der Waals surface area contributed by atoms with E-state index < -0.39 is 0 Å². The average Bonchev–Trinajstić information content (AvgIpc) is 2.58. The van der Waals surface area contributed by atoms with Crippen molar-refractivity contribution in [2.75, 3.05) is 18.6 Å². The standard InChI is InChI=1S/C10H11BrN2O2/c1-15-9-3-2-8(5-12-9)13-6-7(11)4-10(13)14/h2-3,5,7H,4,6H2,1H3. The maximum atomic E-state index is 11.6. The monoisotopic (exact) mass is 270 g/mol. The highest BCUT2D eigenvalue weighted by Crippen LogP contribution is 2.25. The van der Waals surface area contributed by atoms with E-state index in [1.807, 2.05) is 6.07 Å². The average molecular weight is 271 g/mol. The summed E-state index contributed by atoms with van der Waals surface area (Å²) in [5.74, 6) is 0.685. The Morgan fingerprint density at radius 1 is 1.60 bits per heavy atom. The van der Waals surface area contributed by atoms with Crippen LogP contribution in [0.25, 0.3) is 0 Å². The molecular formula is C10H11BrN2O2. The second-order valence-electron chi connectivity index (χ2n) is 3.36. The van der Waals surface area contributed by atoms with Gasteiger partial charge in [0.25, 0.3) is 0 Å². The molecule has 5 heteroatoms. The summed E-state index contributed by atoms with van der Waals surface area (Å²) in [6.45, 7) is 0.701. The molecule has 1 fully saturated rings. The summed E-state index contributed by atoms with van der Waals surface area (Å²) in [7, 11) is 1.57. The van der Waals surface area contributed by atoms with E-state index in [0.717, 1.165) is 5.69 Å². The van der Waals surface area contributed by atoms with Gasteiger partial charge in [0, 0.05) is 23.9 Å². The number of alkyl halides is 1. The number of ether oxygens (including phenoxy) is 1. The van der Waals surface area contributed by atoms with Gasteiger partial charge in [0.1, 0.15) is 0 Å². The fraction of sp³-hybridized carbons (Fsp3) is 0.400. The molecule has 1 saturated heterocycles. The van der Waals surface area contributed by atoms with Crippen LogP contribution in [0.4, 0.5) is 5.69 Å². The number of aromatic nitrogens is 1. The Morgan fingerprint density at radius 3 is 2.87 bits per heavy atom. The van der Waals surface area contributed by atoms with Crippen molar-refractivity contribution in [2.45, 2.75) is 11.2 Å². The molecule has 15 heavy (non-hydrogen) atoms. The van der Waals surface area contributed by atoms with Crippen LogP contribution < -0.4 is 9.64 Å². The minimum Gasteiger partial charge on any atom is -0.481 e. The van der Waals surface area contributed by atoms with Gasteiger partial charge in [-0.3, -0.25) is 4.79 Å². The Labute approximate surface area is 96.4 Å². The molecule has 0 aliphatic carbocycles. The molecule has 80 valence electrons. The molecule has 1 amide bonds. The molecular weight excluding hydrogens is 260 g/mol. The molecule has 0 aromatic carbocycles. The van der Waals surface area contributed by atoms with Gasteiger partial charge in [-0.1, -0.05) is 15.9 Å². The van der Waals surface area contributed by atoms with Crippen molar-refractivity contribution in [2.24, 2.45) is 0 Å². The first-order valence-corrected chi connectivity index (χ1v) is 5.57. The zero-order chi connectivity index (χ0) is 10.8. The van der Waals surface area contributed by atoms with Crippen LogP contribution in [0.15, 0.2) is 18.3 Å². The van der Waals surface area contributed by atoms with Gasteiger partial charge in [0.05, 0.1) is 19.0 Å². The van der Waals surface area contributed by atoms with Gasteiger partial charge in [-0.2, -0.15) is 0 Å². The van der Waals surface area contributed by atoms with E-state index in [-0.39, 0.29) is 10.7 Å². The van der Waals surface area contributed by atoms with Crippen LogP contribution in [0.3, 0.4) is 0 Å². The van der Waals surface area contributed by atoms with E-state index in [4.69, 9.17) is 4.74 Å². The highest BCUT2D eigenvalue weighted by Gasteiger charge is 2.28. The lowest BCUT2D eigenvalue weighted by molar-refractivity contribution is -0.117. The first kappa shape index (κ1) is 10.4. The Kier molecular flexibility index (Phi) is 2.90. The molecule has 1 atom stereocenters. The summed E-state index contributed by atoms with van der Waals surface area (Å²) >= 11 is 3.44. The molecule has 4 nitrogen and oxygen atoms in total. The summed E-state index contributed by atoms with van der Waals surface area (Å²) < 4.78 is 4.96. The summed E-state index contributed by atoms with van der Waals surface area (Å²) in [6, 6.07) is 3.60. The predicted molar refractivity (Wildman–Crippen MR) is 60.5 cm³/mol. The number of carbonyl (C=O) groups excluding carboxylic acids is 1. The first-order chi connectivity index (χ1) is 7.20. The number of methoxy groups -OCH3 is 1. The molecule has 0 radical (unpaired) electrons. The van der Waals surface area contributed by atoms with Crippen molar-refractivity contribution in [3.63, 3.8) is 0 Å². The number of halogens is 1. The number of hydrogen-bond acceptors (Lipinski definition) is 3. The van der Waals surface area contributed by atoms with E-state index >= 15 is 0 Å². The smallest absolute Gasteiger partial charge is 0.228 e. The summed E-state index contributed by atoms with van der Waals surface area (Å²) in [5, 5.41) is 0. The van der Waals surface area contributed by atoms with Crippen LogP contribution >= 0.6 is 15.9 Å². The highest BCUT2D eigenvalue weighted by atomic mass is 79.9. The molecule has 0 saturated carbocycles. The maximum absolute atomic E-state index is 11.6. The highest BCUT2D eigenvalue weighted by molar-refractivity contribution is 9.09. The molecule has 1 aromatic rings. The van der Waals surface area contributed by atoms with Crippen molar-refractivity contribution in [1.82, 2.24) is 4.98 Å². The van der Waals surface area contributed by atoms with Gasteiger partial charge in [0.2, 0.25) is 11.8 Å². The number of anilines is 1. The second kappa shape index (κ2) is 4.18. The fourth-order valence-electron chi connectivity index (χ4n) is 1.57. The minimum atomic E-state index is 0.129. The lowest BCUT2D eigenvalue weighted by atomic mass is 10.4. The third kappa shape index (κ3) is 2.12. The third-order valence-electron chi connectivity index (χ3n) is 2.32. The second-order valence-corrected chi connectivity index (χ2v) is 4.66. The van der Waals surface area contributed by atoms with Crippen molar-refractivity contribution >= 4 is 27.5 Å². The van der Waals surface area contributed by atoms with Crippen LogP contribution in [0.5, 0.6) is 5.88 Å². The zero-order valence-electron chi connectivity index (χ0n) is 8.31. The van der Waals surface area contributed by atoms with E-state index in [9.17, 15) is 4.79 Å². The molecule has 1 aromatic heterocycles. The molecule has 1 unspecified atom stereocenters. The van der Waals surface area contributed by atoms with Crippen LogP contribution in [0.2, 0.25) is 0 Å². The van der Waals surface area contributed by atoms with Crippen LogP contribution in [-0.2, 0) is 4.79 Å². The SMILES string of the molecule is COc1ccc(N2CC(Br)CC2=O)cn1. The summed E-state index contributed by atoms with van der Waals surface area (Å²) in [6.07, 6.45) is 2.20. The summed E-state index contributed by atoms with van der Waals surface area (Å²) in [4.78, 5) is 17.6. The normalized spacial score (nSPS) is 20.8. The molecule has 1 aliphatic rings. The Balaban J connectivity index is 2.19. The van der Waals surface area contributed by atoms with Gasteiger partial charge in [0.15, 0.2) is 0 Å². The quantitative estimate of drug-likeness (QED) is 0.767. The van der Waals surface area contributed by atoms with E-state index in [2.05, 4.69) is 20.9 Å². The maximum Gasteiger partial charge on any atom is 0.228 e. The van der Waals surface area contributed by atoms with Crippen molar-refractivity contribution in [3.05, 3.63) is 18.3 Å². The third-order valence-corrected chi connectivity index (χ3v) is 2.93. The van der Waals surface area contributed by atoms with Gasteiger partial charge in [-0.15, -0.1) is 0 Å². The number of amides is 1. The van der Waals surface area contributed by atoms with Crippen molar-refractivity contribution in [1.29, 1.82) is 0 Å². The zero-order valence-corrected chi connectivity index (χ0v) is 9.90. The van der Waals surface area contributed by atoms with Gasteiger partial charge in [-0.05, 0) is 6.07 Å². The van der Waals surface area contributed by atoms with E-state index in [1.54, 1.807) is 24.3 Å². The minimum absolute atomic E-state index is 0.129. The van der Waals surface area contributed by atoms with Crippen LogP contribution in [-0.4, -0.2) is 29.4 Å². The van der Waals surface area contributed by atoms with Crippen molar-refractivity contribution in [3.8, 4) is 5.88 Å². The molecule has 2 rings (SSSR count). The number of hydrogen-bond donors (Lipinski definition) is 0. The largest absolute Gasteiger partial charge is 0.481 e. The summed E-state index contributed by atoms with van der Waals surface area (Å²) in [5.41, 5.74) is 0.822. The Hall–Kier alpha value is -1.10. The number of nitrogens with zero attached hydrogens (tertiary/aromatic N) is 2. The van der Waals surface area contributed by atoms with Gasteiger partial charge < -0.3 is 9.64 Å². The molecule has 0 spiro atoms. The van der Waals surface area contributed by atoms with Gasteiger partial charge >= 0.3 is 0 Å². The van der Waals surface area contributed by atoms with E-state index in [1.165, 1.54) is 0 Å². The van der Waals surface area contributed by atoms with Crippen LogP contribution in [0, 0.1) is 0 Å². The molecule has 0 bridgehead atoms. The number of rotatable bonds is 2. The number of pyridine rings is 1. The lowest BCUT2D eigenvalue weighted by Crippen LogP contribution is -2.24. The Morgan fingerprint density at radius 2 is 2.40 bits per heavy atom.